The Morgan fingerprint density at radius 1 is 1.26 bits per heavy atom. The van der Waals surface area contributed by atoms with Crippen LogP contribution in [0.2, 0.25) is 0 Å². The highest BCUT2D eigenvalue weighted by Crippen LogP contribution is 2.31. The van der Waals surface area contributed by atoms with Gasteiger partial charge in [0, 0.05) is 18.2 Å². The number of nitro benzene ring substituents is 1. The van der Waals surface area contributed by atoms with Crippen LogP contribution in [0.1, 0.15) is 24.3 Å². The summed E-state index contributed by atoms with van der Waals surface area (Å²) in [5, 5.41) is 18.1. The first-order valence-corrected chi connectivity index (χ1v) is 11.2. The number of rotatable bonds is 8. The topological polar surface area (TPSA) is 133 Å². The summed E-state index contributed by atoms with van der Waals surface area (Å²) in [4.78, 5) is 30.3. The summed E-state index contributed by atoms with van der Waals surface area (Å²) in [6, 6.07) is 10.1. The second kappa shape index (κ2) is 10.5. The second-order valence-corrected chi connectivity index (χ2v) is 8.35. The van der Waals surface area contributed by atoms with Gasteiger partial charge in [0.1, 0.15) is 0 Å². The van der Waals surface area contributed by atoms with E-state index in [1.165, 1.54) is 6.07 Å². The van der Waals surface area contributed by atoms with Crippen LogP contribution < -0.4 is 14.8 Å². The molecule has 1 aliphatic rings. The number of nitro groups is 1. The van der Waals surface area contributed by atoms with Gasteiger partial charge in [0.05, 0.1) is 42.9 Å². The molecular formula is C24H27N5O6. The Morgan fingerprint density at radius 3 is 2.80 bits per heavy atom. The van der Waals surface area contributed by atoms with Crippen LogP contribution in [0.15, 0.2) is 40.9 Å². The zero-order chi connectivity index (χ0) is 24.9. The van der Waals surface area contributed by atoms with Crippen molar-refractivity contribution in [3.8, 4) is 22.9 Å². The van der Waals surface area contributed by atoms with Crippen LogP contribution in [-0.2, 0) is 11.3 Å². The molecule has 2 aromatic carbocycles. The second-order valence-electron chi connectivity index (χ2n) is 8.35. The van der Waals surface area contributed by atoms with Crippen molar-refractivity contribution in [2.45, 2.75) is 26.3 Å². The number of nitrogens with one attached hydrogen (secondary N) is 1. The zero-order valence-corrected chi connectivity index (χ0v) is 19.8. The van der Waals surface area contributed by atoms with E-state index in [2.05, 4.69) is 20.4 Å². The van der Waals surface area contributed by atoms with Crippen molar-refractivity contribution in [2.24, 2.45) is 5.92 Å². The third kappa shape index (κ3) is 5.40. The van der Waals surface area contributed by atoms with Gasteiger partial charge in [-0.05, 0) is 50.6 Å². The lowest BCUT2D eigenvalue weighted by Gasteiger charge is -2.31. The van der Waals surface area contributed by atoms with Gasteiger partial charge in [-0.15, -0.1) is 0 Å². The zero-order valence-electron chi connectivity index (χ0n) is 19.8. The van der Waals surface area contributed by atoms with Crippen molar-refractivity contribution in [3.63, 3.8) is 0 Å². The number of ether oxygens (including phenoxy) is 2. The molecule has 1 saturated heterocycles. The molecule has 1 aliphatic heterocycles. The standard InChI is InChI=1S/C24H27N5O6/c1-15-18(7-4-8-19(15)29(31)32)25-24(30)17-6-5-11-28(13-17)14-22-26-23(27-35-22)16-9-10-20(33-2)21(12-16)34-3/h4,7-10,12,17H,5-6,11,13-14H2,1-3H3,(H,25,30). The number of amides is 1. The first-order valence-electron chi connectivity index (χ1n) is 11.2. The lowest BCUT2D eigenvalue weighted by atomic mass is 9.97. The van der Waals surface area contributed by atoms with Crippen LogP contribution in [0.5, 0.6) is 11.5 Å². The van der Waals surface area contributed by atoms with Gasteiger partial charge in [-0.3, -0.25) is 19.8 Å². The number of hydrogen-bond donors (Lipinski definition) is 1. The quantitative estimate of drug-likeness (QED) is 0.376. The van der Waals surface area contributed by atoms with Gasteiger partial charge < -0.3 is 19.3 Å². The molecule has 35 heavy (non-hydrogen) atoms. The predicted octanol–water partition coefficient (Wildman–Crippen LogP) is 3.82. The lowest BCUT2D eigenvalue weighted by molar-refractivity contribution is -0.385. The van der Waals surface area contributed by atoms with E-state index in [0.29, 0.717) is 47.6 Å². The summed E-state index contributed by atoms with van der Waals surface area (Å²) in [7, 11) is 3.13. The molecule has 1 N–H and O–H groups in total. The lowest BCUT2D eigenvalue weighted by Crippen LogP contribution is -2.40. The average Bonchev–Trinajstić information content (AvgIpc) is 3.33. The molecule has 2 heterocycles. The molecule has 1 aromatic heterocycles. The van der Waals surface area contributed by atoms with Crippen molar-refractivity contribution in [3.05, 3.63) is 58.0 Å². The van der Waals surface area contributed by atoms with Crippen molar-refractivity contribution in [1.82, 2.24) is 15.0 Å². The number of likely N-dealkylation sites (tertiary alicyclic amines) is 1. The van der Waals surface area contributed by atoms with E-state index in [9.17, 15) is 14.9 Å². The number of nitrogens with zero attached hydrogens (tertiary/aromatic N) is 4. The fourth-order valence-corrected chi connectivity index (χ4v) is 4.21. The molecule has 4 rings (SSSR count). The maximum absolute atomic E-state index is 12.9. The smallest absolute Gasteiger partial charge is 0.274 e. The molecule has 1 amide bonds. The third-order valence-electron chi connectivity index (χ3n) is 6.10. The Morgan fingerprint density at radius 2 is 2.06 bits per heavy atom. The minimum atomic E-state index is -0.450. The monoisotopic (exact) mass is 481 g/mol. The number of piperidine rings is 1. The highest BCUT2D eigenvalue weighted by molar-refractivity contribution is 5.94. The largest absolute Gasteiger partial charge is 0.493 e. The van der Waals surface area contributed by atoms with Crippen molar-refractivity contribution in [1.29, 1.82) is 0 Å². The SMILES string of the molecule is COc1ccc(-c2noc(CN3CCCC(C(=O)Nc4cccc([N+](=O)[O-])c4C)C3)n2)cc1OC. The van der Waals surface area contributed by atoms with Crippen LogP contribution in [0.25, 0.3) is 11.4 Å². The number of hydrogen-bond acceptors (Lipinski definition) is 9. The van der Waals surface area contributed by atoms with E-state index in [1.807, 2.05) is 6.07 Å². The Labute approximate surface area is 202 Å². The van der Waals surface area contributed by atoms with Gasteiger partial charge in [-0.25, -0.2) is 0 Å². The first-order chi connectivity index (χ1) is 16.9. The predicted molar refractivity (Wildman–Crippen MR) is 127 cm³/mol. The molecule has 0 aliphatic carbocycles. The van der Waals surface area contributed by atoms with Crippen LogP contribution in [-0.4, -0.2) is 53.2 Å². The summed E-state index contributed by atoms with van der Waals surface area (Å²) < 4.78 is 16.1. The van der Waals surface area contributed by atoms with E-state index in [0.717, 1.165) is 24.9 Å². The van der Waals surface area contributed by atoms with Crippen molar-refractivity contribution >= 4 is 17.3 Å². The summed E-state index contributed by atoms with van der Waals surface area (Å²) in [5.74, 6) is 1.65. The molecule has 184 valence electrons. The Bertz CT molecular complexity index is 1230. The molecule has 11 nitrogen and oxygen atoms in total. The highest BCUT2D eigenvalue weighted by atomic mass is 16.6. The summed E-state index contributed by atoms with van der Waals surface area (Å²) in [6.45, 7) is 3.37. The summed E-state index contributed by atoms with van der Waals surface area (Å²) in [6.07, 6.45) is 1.57. The normalized spacial score (nSPS) is 16.0. The van der Waals surface area contributed by atoms with Crippen LogP contribution >= 0.6 is 0 Å². The van der Waals surface area contributed by atoms with E-state index in [-0.39, 0.29) is 17.5 Å². The van der Waals surface area contributed by atoms with Gasteiger partial charge in [0.25, 0.3) is 5.69 Å². The van der Waals surface area contributed by atoms with E-state index >= 15 is 0 Å². The van der Waals surface area contributed by atoms with E-state index < -0.39 is 4.92 Å². The van der Waals surface area contributed by atoms with Gasteiger partial charge in [-0.1, -0.05) is 11.2 Å². The number of methoxy groups -OCH3 is 2. The first kappa shape index (κ1) is 24.1. The highest BCUT2D eigenvalue weighted by Gasteiger charge is 2.28. The van der Waals surface area contributed by atoms with E-state index in [4.69, 9.17) is 14.0 Å². The Hall–Kier alpha value is -3.99. The van der Waals surface area contributed by atoms with Crippen LogP contribution in [0.3, 0.4) is 0 Å². The minimum Gasteiger partial charge on any atom is -0.493 e. The number of anilines is 1. The Balaban J connectivity index is 1.40. The molecular weight excluding hydrogens is 454 g/mol. The third-order valence-corrected chi connectivity index (χ3v) is 6.10. The molecule has 3 aromatic rings. The van der Waals surface area contributed by atoms with Gasteiger partial charge in [-0.2, -0.15) is 4.98 Å². The number of carbonyl (C=O) groups excluding carboxylic acids is 1. The number of carbonyl (C=O) groups is 1. The number of aromatic nitrogens is 2. The van der Waals surface area contributed by atoms with E-state index in [1.54, 1.807) is 45.4 Å². The van der Waals surface area contributed by atoms with Crippen LogP contribution in [0, 0.1) is 23.0 Å². The molecule has 11 heteroatoms. The maximum atomic E-state index is 12.9. The maximum Gasteiger partial charge on any atom is 0.274 e. The molecule has 0 spiro atoms. The van der Waals surface area contributed by atoms with Gasteiger partial charge in [0.2, 0.25) is 17.6 Å². The fraction of sp³-hybridized carbons (Fsp3) is 0.375. The molecule has 0 bridgehead atoms. The molecule has 0 saturated carbocycles. The molecule has 0 radical (unpaired) electrons. The summed E-state index contributed by atoms with van der Waals surface area (Å²) >= 11 is 0. The van der Waals surface area contributed by atoms with Gasteiger partial charge in [0.15, 0.2) is 11.5 Å². The van der Waals surface area contributed by atoms with Crippen molar-refractivity contribution < 1.29 is 23.7 Å². The average molecular weight is 482 g/mol. The fourth-order valence-electron chi connectivity index (χ4n) is 4.21. The number of benzene rings is 2. The molecule has 1 unspecified atom stereocenters. The Kier molecular flexibility index (Phi) is 7.25. The minimum absolute atomic E-state index is 0.0188. The molecule has 1 atom stereocenters. The van der Waals surface area contributed by atoms with Gasteiger partial charge >= 0.3 is 0 Å². The summed E-state index contributed by atoms with van der Waals surface area (Å²) in [5.41, 5.74) is 1.61. The molecule has 1 fully saturated rings. The van der Waals surface area contributed by atoms with Crippen LogP contribution in [0.4, 0.5) is 11.4 Å². The van der Waals surface area contributed by atoms with Crippen molar-refractivity contribution in [2.75, 3.05) is 32.6 Å².